The molecule has 0 saturated carbocycles. The summed E-state index contributed by atoms with van der Waals surface area (Å²) in [6.07, 6.45) is 0.0866. The summed E-state index contributed by atoms with van der Waals surface area (Å²) in [6.45, 7) is 5.22. The highest BCUT2D eigenvalue weighted by Crippen LogP contribution is 2.18. The molecule has 0 aliphatic carbocycles. The Labute approximate surface area is 122 Å². The van der Waals surface area contributed by atoms with Crippen molar-refractivity contribution in [1.82, 2.24) is 10.3 Å². The van der Waals surface area contributed by atoms with Crippen LogP contribution in [0, 0.1) is 0 Å². The fourth-order valence-corrected chi connectivity index (χ4v) is 2.08. The third kappa shape index (κ3) is 9.46. The van der Waals surface area contributed by atoms with Gasteiger partial charge in [0.1, 0.15) is 0 Å². The van der Waals surface area contributed by atoms with Crippen molar-refractivity contribution in [3.63, 3.8) is 0 Å². The smallest absolute Gasteiger partial charge is 0.303 e. The standard InChI is InChI=1S/C8H14N2S.C5H8O4/c1-6(2)8-10-7(4-9-3)5-11-8;6-4(7)2-1-3-5(8)9/h5-6,9H,4H2,1-3H3;1-3H2,(H,6,7)(H,8,9). The molecular formula is C13H22N2O4S. The number of thiazole rings is 1. The summed E-state index contributed by atoms with van der Waals surface area (Å²) in [7, 11) is 1.94. The molecule has 3 N–H and O–H groups in total. The predicted molar refractivity (Wildman–Crippen MR) is 78.1 cm³/mol. The van der Waals surface area contributed by atoms with Gasteiger partial charge < -0.3 is 15.5 Å². The minimum atomic E-state index is -0.948. The first-order valence-corrected chi connectivity index (χ1v) is 7.27. The molecule has 0 aromatic carbocycles. The zero-order valence-corrected chi connectivity index (χ0v) is 12.9. The molecule has 1 heterocycles. The first-order chi connectivity index (χ1) is 9.36. The number of hydrogen-bond donors (Lipinski definition) is 3. The lowest BCUT2D eigenvalue weighted by atomic mass is 10.2. The van der Waals surface area contributed by atoms with Gasteiger partial charge in [0.2, 0.25) is 0 Å². The number of carbonyl (C=O) groups is 2. The molecule has 1 rings (SSSR count). The second kappa shape index (κ2) is 10.3. The zero-order valence-electron chi connectivity index (χ0n) is 12.0. The molecule has 7 heteroatoms. The van der Waals surface area contributed by atoms with Crippen LogP contribution >= 0.6 is 11.3 Å². The van der Waals surface area contributed by atoms with Crippen LogP contribution < -0.4 is 5.32 Å². The van der Waals surface area contributed by atoms with E-state index in [1.807, 2.05) is 7.05 Å². The van der Waals surface area contributed by atoms with Gasteiger partial charge in [0.15, 0.2) is 0 Å². The second-order valence-corrected chi connectivity index (χ2v) is 5.39. The molecule has 0 unspecified atom stereocenters. The average molecular weight is 302 g/mol. The number of nitrogens with zero attached hydrogens (tertiary/aromatic N) is 1. The fourth-order valence-electron chi connectivity index (χ4n) is 1.24. The van der Waals surface area contributed by atoms with Crippen LogP contribution in [0.5, 0.6) is 0 Å². The third-order valence-electron chi connectivity index (χ3n) is 2.20. The highest BCUT2D eigenvalue weighted by molar-refractivity contribution is 7.09. The van der Waals surface area contributed by atoms with Crippen molar-refractivity contribution in [1.29, 1.82) is 0 Å². The largest absolute Gasteiger partial charge is 0.481 e. The summed E-state index contributed by atoms with van der Waals surface area (Å²) in [5, 5.41) is 22.5. The van der Waals surface area contributed by atoms with Gasteiger partial charge in [-0.25, -0.2) is 4.98 Å². The van der Waals surface area contributed by atoms with Gasteiger partial charge >= 0.3 is 11.9 Å². The van der Waals surface area contributed by atoms with Gasteiger partial charge in [0, 0.05) is 30.7 Å². The molecule has 0 fully saturated rings. The Hall–Kier alpha value is -1.47. The summed E-state index contributed by atoms with van der Waals surface area (Å²) in [6, 6.07) is 0. The molecule has 0 amide bonds. The average Bonchev–Trinajstić information content (AvgIpc) is 2.78. The van der Waals surface area contributed by atoms with E-state index in [1.54, 1.807) is 11.3 Å². The van der Waals surface area contributed by atoms with Gasteiger partial charge in [-0.2, -0.15) is 0 Å². The molecule has 6 nitrogen and oxygen atoms in total. The molecule has 0 bridgehead atoms. The van der Waals surface area contributed by atoms with Crippen molar-refractivity contribution in [2.45, 2.75) is 45.6 Å². The zero-order chi connectivity index (χ0) is 15.5. The number of hydrogen-bond acceptors (Lipinski definition) is 5. The van der Waals surface area contributed by atoms with Crippen LogP contribution in [0.15, 0.2) is 5.38 Å². The molecule has 0 aliphatic heterocycles. The fraction of sp³-hybridized carbons (Fsp3) is 0.615. The summed E-state index contributed by atoms with van der Waals surface area (Å²) >= 11 is 1.75. The van der Waals surface area contributed by atoms with E-state index < -0.39 is 11.9 Å². The van der Waals surface area contributed by atoms with E-state index in [4.69, 9.17) is 10.2 Å². The molecule has 0 spiro atoms. The van der Waals surface area contributed by atoms with Crippen molar-refractivity contribution < 1.29 is 19.8 Å². The number of carboxylic acid groups (broad SMARTS) is 2. The maximum atomic E-state index is 9.79. The Kier molecular flexibility index (Phi) is 9.57. The summed E-state index contributed by atoms with van der Waals surface area (Å²) in [5.74, 6) is -1.34. The minimum absolute atomic E-state index is 0.0632. The molecule has 0 aliphatic rings. The lowest BCUT2D eigenvalue weighted by molar-refractivity contribution is -0.138. The Bertz CT molecular complexity index is 404. The van der Waals surface area contributed by atoms with Crippen LogP contribution in [0.4, 0.5) is 0 Å². The highest BCUT2D eigenvalue weighted by atomic mass is 32.1. The topological polar surface area (TPSA) is 99.5 Å². The maximum absolute atomic E-state index is 9.79. The molecule has 20 heavy (non-hydrogen) atoms. The van der Waals surface area contributed by atoms with Gasteiger partial charge in [-0.05, 0) is 13.5 Å². The monoisotopic (exact) mass is 302 g/mol. The van der Waals surface area contributed by atoms with Gasteiger partial charge in [-0.15, -0.1) is 11.3 Å². The van der Waals surface area contributed by atoms with E-state index in [-0.39, 0.29) is 19.3 Å². The number of aliphatic carboxylic acids is 2. The van der Waals surface area contributed by atoms with Gasteiger partial charge in [0.05, 0.1) is 10.7 Å². The third-order valence-corrected chi connectivity index (χ3v) is 3.40. The van der Waals surface area contributed by atoms with Crippen molar-refractivity contribution in [3.8, 4) is 0 Å². The normalized spacial score (nSPS) is 10.0. The number of aromatic nitrogens is 1. The molecular weight excluding hydrogens is 280 g/mol. The molecule has 0 saturated heterocycles. The van der Waals surface area contributed by atoms with Crippen molar-refractivity contribution >= 4 is 23.3 Å². The van der Waals surface area contributed by atoms with Crippen molar-refractivity contribution in [3.05, 3.63) is 16.1 Å². The second-order valence-electron chi connectivity index (χ2n) is 4.50. The van der Waals surface area contributed by atoms with Crippen LogP contribution in [-0.2, 0) is 16.1 Å². The summed E-state index contributed by atoms with van der Waals surface area (Å²) in [5.41, 5.74) is 1.15. The van der Waals surface area contributed by atoms with Gasteiger partial charge in [-0.1, -0.05) is 13.8 Å². The molecule has 1 aromatic rings. The highest BCUT2D eigenvalue weighted by Gasteiger charge is 2.04. The Morgan fingerprint density at radius 1 is 1.30 bits per heavy atom. The molecule has 0 radical (unpaired) electrons. The van der Waals surface area contributed by atoms with Crippen molar-refractivity contribution in [2.75, 3.05) is 7.05 Å². The van der Waals surface area contributed by atoms with Gasteiger partial charge in [-0.3, -0.25) is 9.59 Å². The minimum Gasteiger partial charge on any atom is -0.481 e. The summed E-state index contributed by atoms with van der Waals surface area (Å²) < 4.78 is 0. The lowest BCUT2D eigenvalue weighted by Gasteiger charge is -1.96. The SMILES string of the molecule is CNCc1csc(C(C)C)n1.O=C(O)CCCC(=O)O. The van der Waals surface area contributed by atoms with E-state index in [1.165, 1.54) is 5.01 Å². The van der Waals surface area contributed by atoms with E-state index in [2.05, 4.69) is 29.5 Å². The van der Waals surface area contributed by atoms with E-state index >= 15 is 0 Å². The quantitative estimate of drug-likeness (QED) is 0.714. The Morgan fingerprint density at radius 3 is 2.20 bits per heavy atom. The van der Waals surface area contributed by atoms with Crippen LogP contribution in [0.25, 0.3) is 0 Å². The molecule has 0 atom stereocenters. The first kappa shape index (κ1) is 18.5. The van der Waals surface area contributed by atoms with Crippen molar-refractivity contribution in [2.24, 2.45) is 0 Å². The summed E-state index contributed by atoms with van der Waals surface area (Å²) in [4.78, 5) is 24.0. The Balaban J connectivity index is 0.000000370. The number of rotatable bonds is 7. The van der Waals surface area contributed by atoms with Crippen LogP contribution in [0.1, 0.15) is 49.7 Å². The van der Waals surface area contributed by atoms with Crippen LogP contribution in [0.2, 0.25) is 0 Å². The lowest BCUT2D eigenvalue weighted by Crippen LogP contribution is -2.05. The first-order valence-electron chi connectivity index (χ1n) is 6.39. The number of nitrogens with one attached hydrogen (secondary N) is 1. The van der Waals surface area contributed by atoms with Crippen LogP contribution in [0.3, 0.4) is 0 Å². The van der Waals surface area contributed by atoms with Crippen LogP contribution in [-0.4, -0.2) is 34.2 Å². The van der Waals surface area contributed by atoms with E-state index in [9.17, 15) is 9.59 Å². The number of carboxylic acids is 2. The predicted octanol–water partition coefficient (Wildman–Crippen LogP) is 2.31. The van der Waals surface area contributed by atoms with E-state index in [0.717, 1.165) is 12.2 Å². The maximum Gasteiger partial charge on any atom is 0.303 e. The van der Waals surface area contributed by atoms with E-state index in [0.29, 0.717) is 5.92 Å². The van der Waals surface area contributed by atoms with Gasteiger partial charge in [0.25, 0.3) is 0 Å². The molecule has 1 aromatic heterocycles. The Morgan fingerprint density at radius 2 is 1.85 bits per heavy atom. The molecule has 114 valence electrons.